The van der Waals surface area contributed by atoms with E-state index in [2.05, 4.69) is 4.90 Å². The summed E-state index contributed by atoms with van der Waals surface area (Å²) in [4.78, 5) is 2.27. The molecule has 2 saturated heterocycles. The molecule has 1 spiro atoms. The van der Waals surface area contributed by atoms with Gasteiger partial charge in [-0.2, -0.15) is 13.2 Å². The third-order valence-electron chi connectivity index (χ3n) is 4.61. The van der Waals surface area contributed by atoms with Gasteiger partial charge in [-0.3, -0.25) is 4.90 Å². The van der Waals surface area contributed by atoms with Crippen LogP contribution in [0.2, 0.25) is 0 Å². The van der Waals surface area contributed by atoms with Crippen molar-refractivity contribution in [1.29, 1.82) is 0 Å². The molecule has 2 aliphatic heterocycles. The average molecular weight is 361 g/mol. The van der Waals surface area contributed by atoms with E-state index in [9.17, 15) is 17.7 Å². The summed E-state index contributed by atoms with van der Waals surface area (Å²) in [5.41, 5.74) is -1.11. The zero-order valence-electron chi connectivity index (χ0n) is 13.9. The normalized spacial score (nSPS) is 28.2. The standard InChI is InChI=1S/C17H22F3NO2S/c1-15(2,9-21-7-6-16(10-21)11-24(22)12-16)23-14-5-3-4-13(8-14)17(18,19)20/h3-5,8H,6-7,9-12H2,1-2H3. The van der Waals surface area contributed by atoms with Gasteiger partial charge in [0, 0.05) is 13.1 Å². The van der Waals surface area contributed by atoms with E-state index in [1.807, 2.05) is 13.8 Å². The van der Waals surface area contributed by atoms with Gasteiger partial charge in [0.15, 0.2) is 0 Å². The first-order valence-corrected chi connectivity index (χ1v) is 9.50. The van der Waals surface area contributed by atoms with E-state index < -0.39 is 28.5 Å². The zero-order valence-corrected chi connectivity index (χ0v) is 14.7. The fourth-order valence-electron chi connectivity index (χ4n) is 3.66. The molecule has 1 aromatic rings. The van der Waals surface area contributed by atoms with Crippen molar-refractivity contribution >= 4 is 11.2 Å². The second kappa shape index (κ2) is 6.11. The largest absolute Gasteiger partial charge is 0.616 e. The first-order valence-electron chi connectivity index (χ1n) is 8.01. The van der Waals surface area contributed by atoms with Gasteiger partial charge in [0.05, 0.1) is 11.0 Å². The molecule has 0 radical (unpaired) electrons. The number of rotatable bonds is 4. The van der Waals surface area contributed by atoms with Crippen molar-refractivity contribution in [2.75, 3.05) is 31.1 Å². The van der Waals surface area contributed by atoms with Crippen LogP contribution in [0.3, 0.4) is 0 Å². The number of hydrogen-bond donors (Lipinski definition) is 0. The van der Waals surface area contributed by atoms with Crippen molar-refractivity contribution in [3.8, 4) is 5.75 Å². The van der Waals surface area contributed by atoms with Crippen LogP contribution in [-0.4, -0.2) is 46.2 Å². The number of benzene rings is 1. The number of ether oxygens (including phenoxy) is 1. The molecule has 0 saturated carbocycles. The lowest BCUT2D eigenvalue weighted by Crippen LogP contribution is -2.51. The summed E-state index contributed by atoms with van der Waals surface area (Å²) in [6.07, 6.45) is -3.33. The predicted octanol–water partition coefficient (Wildman–Crippen LogP) is 3.32. The van der Waals surface area contributed by atoms with Crippen molar-refractivity contribution in [1.82, 2.24) is 4.90 Å². The molecule has 134 valence electrons. The molecule has 0 N–H and O–H groups in total. The summed E-state index contributed by atoms with van der Waals surface area (Å²) >= 11 is -0.666. The Labute approximate surface area is 143 Å². The van der Waals surface area contributed by atoms with Crippen LogP contribution in [0.25, 0.3) is 0 Å². The third-order valence-corrected chi connectivity index (χ3v) is 6.48. The quantitative estimate of drug-likeness (QED) is 0.772. The minimum Gasteiger partial charge on any atom is -0.616 e. The number of nitrogens with zero attached hydrogens (tertiary/aromatic N) is 1. The molecule has 2 aliphatic rings. The lowest BCUT2D eigenvalue weighted by molar-refractivity contribution is -0.137. The second-order valence-corrected chi connectivity index (χ2v) is 9.03. The topological polar surface area (TPSA) is 35.5 Å². The van der Waals surface area contributed by atoms with Gasteiger partial charge in [-0.1, -0.05) is 17.2 Å². The molecule has 2 fully saturated rings. The molecule has 0 amide bonds. The van der Waals surface area contributed by atoms with Gasteiger partial charge in [-0.15, -0.1) is 0 Å². The minimum atomic E-state index is -4.37. The van der Waals surface area contributed by atoms with Crippen molar-refractivity contribution in [3.63, 3.8) is 0 Å². The second-order valence-electron chi connectivity index (χ2n) is 7.58. The van der Waals surface area contributed by atoms with Crippen LogP contribution in [0.1, 0.15) is 25.8 Å². The minimum absolute atomic E-state index is 0.192. The Hall–Kier alpha value is -0.920. The lowest BCUT2D eigenvalue weighted by atomic mass is 9.91. The van der Waals surface area contributed by atoms with Crippen molar-refractivity contribution in [2.45, 2.75) is 32.0 Å². The summed E-state index contributed by atoms with van der Waals surface area (Å²) in [6.45, 7) is 6.23. The van der Waals surface area contributed by atoms with Gasteiger partial charge in [0.2, 0.25) is 0 Å². The van der Waals surface area contributed by atoms with E-state index in [-0.39, 0.29) is 11.2 Å². The molecule has 24 heavy (non-hydrogen) atoms. The number of likely N-dealkylation sites (tertiary alicyclic amines) is 1. The smallest absolute Gasteiger partial charge is 0.416 e. The van der Waals surface area contributed by atoms with Crippen molar-refractivity contribution in [2.24, 2.45) is 5.41 Å². The molecule has 0 atom stereocenters. The maximum Gasteiger partial charge on any atom is 0.416 e. The molecule has 3 nitrogen and oxygen atoms in total. The fourth-order valence-corrected chi connectivity index (χ4v) is 5.42. The van der Waals surface area contributed by atoms with E-state index in [0.717, 1.165) is 43.1 Å². The van der Waals surface area contributed by atoms with Crippen LogP contribution in [0, 0.1) is 5.41 Å². The van der Waals surface area contributed by atoms with Crippen LogP contribution in [0.4, 0.5) is 13.2 Å². The number of alkyl halides is 3. The van der Waals surface area contributed by atoms with Gasteiger partial charge in [0.1, 0.15) is 22.9 Å². The number of hydrogen-bond acceptors (Lipinski definition) is 3. The summed E-state index contributed by atoms with van der Waals surface area (Å²) < 4.78 is 55.6. The van der Waals surface area contributed by atoms with Gasteiger partial charge >= 0.3 is 6.18 Å². The Balaban J connectivity index is 1.60. The molecule has 0 bridgehead atoms. The highest BCUT2D eigenvalue weighted by atomic mass is 32.2. The van der Waals surface area contributed by atoms with E-state index in [1.165, 1.54) is 6.07 Å². The maximum atomic E-state index is 12.8. The SMILES string of the molecule is CC(C)(CN1CCC2(C1)C[S+]([O-])C2)Oc1cccc(C(F)(F)F)c1. The summed E-state index contributed by atoms with van der Waals surface area (Å²) in [7, 11) is 0. The van der Waals surface area contributed by atoms with E-state index in [4.69, 9.17) is 4.74 Å². The lowest BCUT2D eigenvalue weighted by Gasteiger charge is -2.39. The summed E-state index contributed by atoms with van der Waals surface area (Å²) in [6, 6.07) is 5.00. The molecular weight excluding hydrogens is 339 g/mol. The molecule has 1 aromatic carbocycles. The zero-order chi connectivity index (χ0) is 17.6. The predicted molar refractivity (Wildman–Crippen MR) is 87.5 cm³/mol. The van der Waals surface area contributed by atoms with E-state index in [1.54, 1.807) is 6.07 Å². The highest BCUT2D eigenvalue weighted by Gasteiger charge is 2.52. The molecular formula is C17H22F3NO2S. The molecule has 0 unspecified atom stereocenters. The monoisotopic (exact) mass is 361 g/mol. The van der Waals surface area contributed by atoms with Crippen LogP contribution in [-0.2, 0) is 17.4 Å². The first kappa shape index (κ1) is 17.9. The van der Waals surface area contributed by atoms with Crippen LogP contribution in [0.5, 0.6) is 5.75 Å². The van der Waals surface area contributed by atoms with Crippen LogP contribution in [0.15, 0.2) is 24.3 Å². The molecule has 7 heteroatoms. The summed E-state index contributed by atoms with van der Waals surface area (Å²) in [5.74, 6) is 1.78. The molecule has 0 aromatic heterocycles. The Bertz CT molecular complexity index is 600. The Kier molecular flexibility index (Phi) is 4.55. The molecule has 2 heterocycles. The highest BCUT2D eigenvalue weighted by molar-refractivity contribution is 7.92. The average Bonchev–Trinajstić information content (AvgIpc) is 2.80. The Morgan fingerprint density at radius 1 is 1.29 bits per heavy atom. The van der Waals surface area contributed by atoms with Gasteiger partial charge in [-0.25, -0.2) is 0 Å². The van der Waals surface area contributed by atoms with E-state index >= 15 is 0 Å². The van der Waals surface area contributed by atoms with Crippen LogP contribution >= 0.6 is 0 Å². The molecule has 3 rings (SSSR count). The molecule has 0 aliphatic carbocycles. The maximum absolute atomic E-state index is 12.8. The third kappa shape index (κ3) is 4.00. The fraction of sp³-hybridized carbons (Fsp3) is 0.647. The van der Waals surface area contributed by atoms with Gasteiger partial charge < -0.3 is 9.29 Å². The van der Waals surface area contributed by atoms with Crippen LogP contribution < -0.4 is 4.74 Å². The Morgan fingerprint density at radius 3 is 2.62 bits per heavy atom. The van der Waals surface area contributed by atoms with Crippen molar-refractivity contribution in [3.05, 3.63) is 29.8 Å². The Morgan fingerprint density at radius 2 is 2.00 bits per heavy atom. The number of halogens is 3. The van der Waals surface area contributed by atoms with Gasteiger partial charge in [0.25, 0.3) is 0 Å². The van der Waals surface area contributed by atoms with Gasteiger partial charge in [-0.05, 0) is 45.0 Å². The van der Waals surface area contributed by atoms with Crippen molar-refractivity contribution < 1.29 is 22.5 Å². The van der Waals surface area contributed by atoms with E-state index in [0.29, 0.717) is 6.54 Å². The highest BCUT2D eigenvalue weighted by Crippen LogP contribution is 2.42. The summed E-state index contributed by atoms with van der Waals surface area (Å²) in [5, 5.41) is 0. The first-order chi connectivity index (χ1) is 11.1.